The van der Waals surface area contributed by atoms with Crippen LogP contribution < -0.4 is 0 Å². The summed E-state index contributed by atoms with van der Waals surface area (Å²) in [6, 6.07) is 7.64. The van der Waals surface area contributed by atoms with Gasteiger partial charge in [-0.1, -0.05) is 43.3 Å². The lowest BCUT2D eigenvalue weighted by Gasteiger charge is -2.14. The van der Waals surface area contributed by atoms with Crippen molar-refractivity contribution in [3.63, 3.8) is 0 Å². The summed E-state index contributed by atoms with van der Waals surface area (Å²) in [7, 11) is 0. The Morgan fingerprint density at radius 1 is 1.33 bits per heavy atom. The van der Waals surface area contributed by atoms with Crippen LogP contribution in [0, 0.1) is 6.92 Å². The fraction of sp³-hybridized carbons (Fsp3) is 0.438. The average molecular weight is 288 g/mol. The highest BCUT2D eigenvalue weighted by molar-refractivity contribution is 5.81. The lowest BCUT2D eigenvalue weighted by Crippen LogP contribution is -2.18. The van der Waals surface area contributed by atoms with E-state index < -0.39 is 5.92 Å². The second kappa shape index (κ2) is 6.52. The summed E-state index contributed by atoms with van der Waals surface area (Å²) in [6.45, 7) is 7.98. The number of carbonyl (C=O) groups excluding carboxylic acids is 1. The summed E-state index contributed by atoms with van der Waals surface area (Å²) in [5.41, 5.74) is 1.81. The first-order valence-electron chi connectivity index (χ1n) is 7.10. The number of rotatable bonds is 5. The van der Waals surface area contributed by atoms with Crippen LogP contribution in [0.5, 0.6) is 0 Å². The molecule has 5 heteroatoms. The van der Waals surface area contributed by atoms with Crippen LogP contribution in [0.3, 0.4) is 0 Å². The van der Waals surface area contributed by atoms with E-state index in [-0.39, 0.29) is 17.8 Å². The van der Waals surface area contributed by atoms with Gasteiger partial charge in [0.25, 0.3) is 0 Å². The predicted octanol–water partition coefficient (Wildman–Crippen LogP) is 3.20. The Hall–Kier alpha value is -2.17. The van der Waals surface area contributed by atoms with Gasteiger partial charge in [-0.2, -0.15) is 4.98 Å². The SMILES string of the molecule is CCOC(=O)C(c1nc(C(C)C)no1)c1ccccc1C. The number of benzene rings is 1. The van der Waals surface area contributed by atoms with Gasteiger partial charge < -0.3 is 9.26 Å². The largest absolute Gasteiger partial charge is 0.465 e. The highest BCUT2D eigenvalue weighted by atomic mass is 16.5. The molecule has 1 atom stereocenters. The Labute approximate surface area is 124 Å². The molecule has 1 aromatic heterocycles. The van der Waals surface area contributed by atoms with Crippen molar-refractivity contribution in [2.75, 3.05) is 6.61 Å². The lowest BCUT2D eigenvalue weighted by atomic mass is 9.94. The van der Waals surface area contributed by atoms with Crippen molar-refractivity contribution in [3.8, 4) is 0 Å². The van der Waals surface area contributed by atoms with Crippen molar-refractivity contribution in [3.05, 3.63) is 47.1 Å². The Kier molecular flexibility index (Phi) is 4.73. The minimum atomic E-state index is -0.675. The van der Waals surface area contributed by atoms with Gasteiger partial charge in [0.15, 0.2) is 11.7 Å². The minimum absolute atomic E-state index is 0.141. The molecule has 0 aliphatic carbocycles. The minimum Gasteiger partial charge on any atom is -0.465 e. The third-order valence-corrected chi connectivity index (χ3v) is 3.24. The molecular formula is C16H20N2O3. The third kappa shape index (κ3) is 3.29. The quantitative estimate of drug-likeness (QED) is 0.790. The first-order chi connectivity index (χ1) is 10.0. The molecule has 0 spiro atoms. The Bertz CT molecular complexity index is 619. The van der Waals surface area contributed by atoms with E-state index >= 15 is 0 Å². The Morgan fingerprint density at radius 3 is 2.62 bits per heavy atom. The van der Waals surface area contributed by atoms with Gasteiger partial charge in [-0.3, -0.25) is 4.79 Å². The molecule has 0 N–H and O–H groups in total. The fourth-order valence-electron chi connectivity index (χ4n) is 2.10. The van der Waals surface area contributed by atoms with Crippen LogP contribution in [0.1, 0.15) is 55.4 Å². The molecule has 0 radical (unpaired) electrons. The maximum atomic E-state index is 12.3. The van der Waals surface area contributed by atoms with Crippen LogP contribution in [0.4, 0.5) is 0 Å². The predicted molar refractivity (Wildman–Crippen MR) is 78.0 cm³/mol. The highest BCUT2D eigenvalue weighted by Gasteiger charge is 2.31. The third-order valence-electron chi connectivity index (χ3n) is 3.24. The van der Waals surface area contributed by atoms with Crippen LogP contribution in [-0.4, -0.2) is 22.7 Å². The van der Waals surface area contributed by atoms with E-state index in [0.29, 0.717) is 12.4 Å². The summed E-state index contributed by atoms with van der Waals surface area (Å²) < 4.78 is 10.5. The van der Waals surface area contributed by atoms with E-state index in [4.69, 9.17) is 9.26 Å². The average Bonchev–Trinajstić information content (AvgIpc) is 2.91. The first-order valence-corrected chi connectivity index (χ1v) is 7.10. The summed E-state index contributed by atoms with van der Waals surface area (Å²) in [5.74, 6) is -0.0292. The molecule has 2 rings (SSSR count). The summed E-state index contributed by atoms with van der Waals surface area (Å²) in [4.78, 5) is 16.7. The molecule has 1 aromatic carbocycles. The van der Waals surface area contributed by atoms with Crippen LogP contribution in [-0.2, 0) is 9.53 Å². The van der Waals surface area contributed by atoms with Gasteiger partial charge in [0.05, 0.1) is 6.61 Å². The normalized spacial score (nSPS) is 12.4. The number of hydrogen-bond acceptors (Lipinski definition) is 5. The van der Waals surface area contributed by atoms with Gasteiger partial charge in [-0.15, -0.1) is 0 Å². The summed E-state index contributed by atoms with van der Waals surface area (Å²) in [6.07, 6.45) is 0. The molecule has 2 aromatic rings. The van der Waals surface area contributed by atoms with Crippen molar-refractivity contribution in [2.45, 2.75) is 39.5 Å². The maximum absolute atomic E-state index is 12.3. The molecule has 1 heterocycles. The number of nitrogens with zero attached hydrogens (tertiary/aromatic N) is 2. The monoisotopic (exact) mass is 288 g/mol. The second-order valence-corrected chi connectivity index (χ2v) is 5.19. The molecule has 5 nitrogen and oxygen atoms in total. The molecule has 21 heavy (non-hydrogen) atoms. The highest BCUT2D eigenvalue weighted by Crippen LogP contribution is 2.28. The number of hydrogen-bond donors (Lipinski definition) is 0. The van der Waals surface area contributed by atoms with Crippen LogP contribution in [0.2, 0.25) is 0 Å². The molecule has 0 saturated carbocycles. The van der Waals surface area contributed by atoms with E-state index in [0.717, 1.165) is 11.1 Å². The van der Waals surface area contributed by atoms with Gasteiger partial charge in [0.1, 0.15) is 0 Å². The van der Waals surface area contributed by atoms with Crippen molar-refractivity contribution < 1.29 is 14.1 Å². The number of esters is 1. The zero-order valence-corrected chi connectivity index (χ0v) is 12.8. The number of aromatic nitrogens is 2. The smallest absolute Gasteiger partial charge is 0.323 e. The fourth-order valence-corrected chi connectivity index (χ4v) is 2.10. The molecule has 112 valence electrons. The van der Waals surface area contributed by atoms with Crippen LogP contribution >= 0.6 is 0 Å². The van der Waals surface area contributed by atoms with E-state index in [1.807, 2.05) is 45.0 Å². The van der Waals surface area contributed by atoms with E-state index in [9.17, 15) is 4.79 Å². The van der Waals surface area contributed by atoms with Gasteiger partial charge in [0.2, 0.25) is 5.89 Å². The maximum Gasteiger partial charge on any atom is 0.323 e. The second-order valence-electron chi connectivity index (χ2n) is 5.19. The van der Waals surface area contributed by atoms with Crippen LogP contribution in [0.15, 0.2) is 28.8 Å². The van der Waals surface area contributed by atoms with Gasteiger partial charge in [-0.25, -0.2) is 0 Å². The van der Waals surface area contributed by atoms with Gasteiger partial charge >= 0.3 is 5.97 Å². The van der Waals surface area contributed by atoms with Crippen LogP contribution in [0.25, 0.3) is 0 Å². The molecule has 0 fully saturated rings. The Morgan fingerprint density at radius 2 is 2.05 bits per heavy atom. The number of ether oxygens (including phenoxy) is 1. The molecule has 0 aliphatic rings. The van der Waals surface area contributed by atoms with E-state index in [2.05, 4.69) is 10.1 Å². The molecular weight excluding hydrogens is 268 g/mol. The standard InChI is InChI=1S/C16H20N2O3/c1-5-20-16(19)13(12-9-7-6-8-11(12)4)15-17-14(10(2)3)18-21-15/h6-10,13H,5H2,1-4H3. The zero-order chi connectivity index (χ0) is 15.4. The zero-order valence-electron chi connectivity index (χ0n) is 12.8. The lowest BCUT2D eigenvalue weighted by molar-refractivity contribution is -0.144. The van der Waals surface area contributed by atoms with Crippen molar-refractivity contribution in [2.24, 2.45) is 0 Å². The topological polar surface area (TPSA) is 65.2 Å². The molecule has 1 unspecified atom stereocenters. The van der Waals surface area contributed by atoms with Crippen molar-refractivity contribution >= 4 is 5.97 Å². The molecule has 0 aliphatic heterocycles. The number of aryl methyl sites for hydroxylation is 1. The molecule has 0 saturated heterocycles. The van der Waals surface area contributed by atoms with Crippen molar-refractivity contribution in [1.29, 1.82) is 0 Å². The summed E-state index contributed by atoms with van der Waals surface area (Å²) in [5, 5.41) is 3.94. The Balaban J connectivity index is 2.45. The number of carbonyl (C=O) groups is 1. The molecule has 0 amide bonds. The first kappa shape index (κ1) is 15.2. The molecule has 0 bridgehead atoms. The van der Waals surface area contributed by atoms with Gasteiger partial charge in [0, 0.05) is 5.92 Å². The van der Waals surface area contributed by atoms with Gasteiger partial charge in [-0.05, 0) is 25.0 Å². The summed E-state index contributed by atoms with van der Waals surface area (Å²) >= 11 is 0. The van der Waals surface area contributed by atoms with E-state index in [1.165, 1.54) is 0 Å². The van der Waals surface area contributed by atoms with E-state index in [1.54, 1.807) is 6.92 Å². The van der Waals surface area contributed by atoms with Crippen molar-refractivity contribution in [1.82, 2.24) is 10.1 Å².